The largest absolute Gasteiger partial charge is 0.497 e. The van der Waals surface area contributed by atoms with E-state index < -0.39 is 0 Å². The van der Waals surface area contributed by atoms with Gasteiger partial charge in [-0.15, -0.1) is 10.2 Å². The van der Waals surface area contributed by atoms with Crippen molar-refractivity contribution in [3.63, 3.8) is 0 Å². The number of methoxy groups -OCH3 is 1. The number of fused-ring (bicyclic) bond motifs is 1. The van der Waals surface area contributed by atoms with Crippen molar-refractivity contribution in [2.24, 2.45) is 0 Å². The monoisotopic (exact) mass is 400 g/mol. The number of carbonyl (C=O) groups excluding carboxylic acids is 1. The Hall–Kier alpha value is -2.88. The fraction of sp³-hybridized carbons (Fsp3) is 0.389. The van der Waals surface area contributed by atoms with Crippen LogP contribution in [0.1, 0.15) is 25.7 Å². The van der Waals surface area contributed by atoms with E-state index in [1.807, 2.05) is 0 Å². The summed E-state index contributed by atoms with van der Waals surface area (Å²) in [5.74, 6) is 1.11. The molecule has 0 spiro atoms. The summed E-state index contributed by atoms with van der Waals surface area (Å²) in [7, 11) is 1.58. The predicted octanol–water partition coefficient (Wildman–Crippen LogP) is 1.64. The third-order valence-corrected chi connectivity index (χ3v) is 5.59. The Morgan fingerprint density at radius 2 is 2.04 bits per heavy atom. The Labute approximate surface area is 164 Å². The Kier molecular flexibility index (Phi) is 5.29. The number of nitrogens with zero attached hydrogens (tertiary/aromatic N) is 4. The van der Waals surface area contributed by atoms with Gasteiger partial charge in [0.25, 0.3) is 11.3 Å². The Bertz CT molecular complexity index is 1040. The molecule has 1 aromatic carbocycles. The van der Waals surface area contributed by atoms with Crippen molar-refractivity contribution in [3.05, 3.63) is 34.6 Å². The standard InChI is InChI=1S/C18H20N6O3S/c1-27-13-8-6-11(7-9-13)15-16(26)20-17-21-22-18(24(17)23-15)28-10-14(25)19-12-4-2-3-5-12/h6-9,12H,2-5,10H2,1H3,(H,19,25)(H,20,21,26). The van der Waals surface area contributed by atoms with Gasteiger partial charge in [0.05, 0.1) is 12.9 Å². The quantitative estimate of drug-likeness (QED) is 0.605. The molecule has 146 valence electrons. The van der Waals surface area contributed by atoms with E-state index in [2.05, 4.69) is 25.6 Å². The second-order valence-electron chi connectivity index (χ2n) is 6.59. The summed E-state index contributed by atoms with van der Waals surface area (Å²) in [4.78, 5) is 27.2. The summed E-state index contributed by atoms with van der Waals surface area (Å²) in [6.07, 6.45) is 4.41. The number of aromatic nitrogens is 5. The predicted molar refractivity (Wildman–Crippen MR) is 105 cm³/mol. The van der Waals surface area contributed by atoms with Crippen LogP contribution < -0.4 is 15.6 Å². The molecule has 0 atom stereocenters. The number of nitrogens with one attached hydrogen (secondary N) is 2. The van der Waals surface area contributed by atoms with Crippen LogP contribution in [0.5, 0.6) is 5.75 Å². The number of benzene rings is 1. The minimum absolute atomic E-state index is 0.0338. The molecule has 4 rings (SSSR count). The number of aromatic amines is 1. The van der Waals surface area contributed by atoms with E-state index in [4.69, 9.17) is 4.74 Å². The zero-order chi connectivity index (χ0) is 19.5. The number of thioether (sulfide) groups is 1. The van der Waals surface area contributed by atoms with E-state index >= 15 is 0 Å². The van der Waals surface area contributed by atoms with Gasteiger partial charge in [0.1, 0.15) is 5.75 Å². The molecule has 0 unspecified atom stereocenters. The van der Waals surface area contributed by atoms with Crippen LogP contribution in [-0.4, -0.2) is 49.6 Å². The van der Waals surface area contributed by atoms with Gasteiger partial charge in [0, 0.05) is 11.6 Å². The maximum absolute atomic E-state index is 12.4. The van der Waals surface area contributed by atoms with Gasteiger partial charge in [-0.1, -0.05) is 24.6 Å². The molecular weight excluding hydrogens is 380 g/mol. The molecule has 2 aromatic heterocycles. The van der Waals surface area contributed by atoms with Crippen molar-refractivity contribution in [1.82, 2.24) is 30.1 Å². The summed E-state index contributed by atoms with van der Waals surface area (Å²) < 4.78 is 6.59. The molecule has 9 nitrogen and oxygen atoms in total. The molecule has 0 radical (unpaired) electrons. The molecule has 2 N–H and O–H groups in total. The second-order valence-corrected chi connectivity index (χ2v) is 7.53. The van der Waals surface area contributed by atoms with E-state index in [9.17, 15) is 9.59 Å². The molecule has 1 aliphatic rings. The maximum atomic E-state index is 12.4. The molecular formula is C18H20N6O3S. The van der Waals surface area contributed by atoms with Gasteiger partial charge in [-0.3, -0.25) is 14.6 Å². The Balaban J connectivity index is 1.54. The number of H-pyrrole nitrogens is 1. The molecule has 3 aromatic rings. The number of carbonyl (C=O) groups is 1. The molecule has 0 bridgehead atoms. The van der Waals surface area contributed by atoms with Crippen molar-refractivity contribution in [3.8, 4) is 17.0 Å². The molecule has 1 fully saturated rings. The maximum Gasteiger partial charge on any atom is 0.279 e. The lowest BCUT2D eigenvalue weighted by molar-refractivity contribution is -0.119. The van der Waals surface area contributed by atoms with Crippen LogP contribution >= 0.6 is 11.8 Å². The van der Waals surface area contributed by atoms with Crippen molar-refractivity contribution in [1.29, 1.82) is 0 Å². The van der Waals surface area contributed by atoms with Crippen molar-refractivity contribution in [2.45, 2.75) is 36.9 Å². The third-order valence-electron chi connectivity index (χ3n) is 4.67. The molecule has 28 heavy (non-hydrogen) atoms. The van der Waals surface area contributed by atoms with E-state index in [1.165, 1.54) is 29.1 Å². The zero-order valence-corrected chi connectivity index (χ0v) is 16.2. The van der Waals surface area contributed by atoms with E-state index in [1.54, 1.807) is 31.4 Å². The lowest BCUT2D eigenvalue weighted by Gasteiger charge is -2.10. The number of amides is 1. The fourth-order valence-electron chi connectivity index (χ4n) is 3.24. The normalized spacial score (nSPS) is 14.5. The first-order valence-electron chi connectivity index (χ1n) is 9.06. The average Bonchev–Trinajstić information content (AvgIpc) is 3.35. The van der Waals surface area contributed by atoms with Gasteiger partial charge in [-0.2, -0.15) is 9.61 Å². The second kappa shape index (κ2) is 8.01. The topological polar surface area (TPSA) is 114 Å². The van der Waals surface area contributed by atoms with Crippen LogP contribution in [0.25, 0.3) is 17.0 Å². The summed E-state index contributed by atoms with van der Waals surface area (Å²) >= 11 is 1.24. The number of hydrogen-bond acceptors (Lipinski definition) is 7. The third kappa shape index (κ3) is 3.86. The first kappa shape index (κ1) is 18.5. The zero-order valence-electron chi connectivity index (χ0n) is 15.3. The van der Waals surface area contributed by atoms with Gasteiger partial charge >= 0.3 is 0 Å². The highest BCUT2D eigenvalue weighted by atomic mass is 32.2. The SMILES string of the molecule is COc1ccc(-c2nn3c(SCC(=O)NC4CCCC4)nnc3[nH]c2=O)cc1. The first-order chi connectivity index (χ1) is 13.6. The summed E-state index contributed by atoms with van der Waals surface area (Å²) in [6.45, 7) is 0. The summed E-state index contributed by atoms with van der Waals surface area (Å²) in [5.41, 5.74) is 0.528. The smallest absolute Gasteiger partial charge is 0.279 e. The molecule has 0 aliphatic heterocycles. The summed E-state index contributed by atoms with van der Waals surface area (Å²) in [6, 6.07) is 7.31. The van der Waals surface area contributed by atoms with E-state index in [0.717, 1.165) is 12.8 Å². The van der Waals surface area contributed by atoms with Gasteiger partial charge in [-0.05, 0) is 37.1 Å². The van der Waals surface area contributed by atoms with Gasteiger partial charge < -0.3 is 10.1 Å². The summed E-state index contributed by atoms with van der Waals surface area (Å²) in [5, 5.41) is 15.9. The lowest BCUT2D eigenvalue weighted by Crippen LogP contribution is -2.33. The highest BCUT2D eigenvalue weighted by Crippen LogP contribution is 2.21. The van der Waals surface area contributed by atoms with Crippen LogP contribution in [0.2, 0.25) is 0 Å². The Morgan fingerprint density at radius 3 is 2.75 bits per heavy atom. The Morgan fingerprint density at radius 1 is 1.29 bits per heavy atom. The minimum atomic E-state index is -0.361. The number of hydrogen-bond donors (Lipinski definition) is 2. The van der Waals surface area contributed by atoms with Gasteiger partial charge in [0.2, 0.25) is 11.1 Å². The molecule has 10 heteroatoms. The van der Waals surface area contributed by atoms with Crippen LogP contribution in [0, 0.1) is 0 Å². The fourth-order valence-corrected chi connectivity index (χ4v) is 3.93. The van der Waals surface area contributed by atoms with Crippen molar-refractivity contribution >= 4 is 23.4 Å². The molecule has 1 saturated carbocycles. The first-order valence-corrected chi connectivity index (χ1v) is 10.0. The molecule has 1 aliphatic carbocycles. The number of ether oxygens (including phenoxy) is 1. The van der Waals surface area contributed by atoms with Gasteiger partial charge in [-0.25, -0.2) is 0 Å². The highest BCUT2D eigenvalue weighted by molar-refractivity contribution is 7.99. The lowest BCUT2D eigenvalue weighted by atomic mass is 10.1. The van der Waals surface area contributed by atoms with Crippen LogP contribution in [0.15, 0.2) is 34.2 Å². The number of rotatable bonds is 6. The average molecular weight is 400 g/mol. The molecule has 1 amide bonds. The molecule has 0 saturated heterocycles. The van der Waals surface area contributed by atoms with Crippen molar-refractivity contribution < 1.29 is 9.53 Å². The van der Waals surface area contributed by atoms with Gasteiger partial charge in [0.15, 0.2) is 5.69 Å². The molecule has 2 heterocycles. The van der Waals surface area contributed by atoms with Crippen molar-refractivity contribution in [2.75, 3.05) is 12.9 Å². The van der Waals surface area contributed by atoms with Crippen LogP contribution in [0.4, 0.5) is 0 Å². The van der Waals surface area contributed by atoms with Crippen LogP contribution in [0.3, 0.4) is 0 Å². The minimum Gasteiger partial charge on any atom is -0.497 e. The highest BCUT2D eigenvalue weighted by Gasteiger charge is 2.18. The van der Waals surface area contributed by atoms with E-state index in [0.29, 0.717) is 16.5 Å². The van der Waals surface area contributed by atoms with E-state index in [-0.39, 0.29) is 34.7 Å². The van der Waals surface area contributed by atoms with Crippen LogP contribution in [-0.2, 0) is 4.79 Å².